The highest BCUT2D eigenvalue weighted by Crippen LogP contribution is 2.30. The molecule has 0 aliphatic heterocycles. The van der Waals surface area contributed by atoms with Crippen molar-refractivity contribution in [2.75, 3.05) is 5.73 Å². The first-order chi connectivity index (χ1) is 8.24. The molecule has 0 saturated heterocycles. The van der Waals surface area contributed by atoms with Gasteiger partial charge < -0.3 is 10.3 Å². The SMILES string of the molecule is Cc1cccc(-c2onc3ccc(N)cc23)c1. The van der Waals surface area contributed by atoms with E-state index in [0.29, 0.717) is 0 Å². The molecule has 3 rings (SSSR count). The van der Waals surface area contributed by atoms with Gasteiger partial charge in [-0.2, -0.15) is 0 Å². The Hall–Kier alpha value is -2.29. The molecular weight excluding hydrogens is 212 g/mol. The number of rotatable bonds is 1. The van der Waals surface area contributed by atoms with Crippen molar-refractivity contribution in [1.29, 1.82) is 0 Å². The number of hydrogen-bond acceptors (Lipinski definition) is 3. The number of aromatic nitrogens is 1. The standard InChI is InChI=1S/C14H12N2O/c1-9-3-2-4-10(7-9)14-12-8-11(15)5-6-13(12)16-17-14/h2-8H,15H2,1H3. The fourth-order valence-electron chi connectivity index (χ4n) is 1.95. The first kappa shape index (κ1) is 9.90. The Kier molecular flexibility index (Phi) is 2.11. The van der Waals surface area contributed by atoms with Crippen molar-refractivity contribution in [3.8, 4) is 11.3 Å². The second kappa shape index (κ2) is 3.63. The molecule has 1 heterocycles. The summed E-state index contributed by atoms with van der Waals surface area (Å²) in [4.78, 5) is 0. The summed E-state index contributed by atoms with van der Waals surface area (Å²) in [5.41, 5.74) is 9.55. The van der Waals surface area contributed by atoms with Gasteiger partial charge in [0.15, 0.2) is 5.76 Å². The zero-order valence-corrected chi connectivity index (χ0v) is 9.47. The lowest BCUT2D eigenvalue weighted by Crippen LogP contribution is -1.83. The normalized spacial score (nSPS) is 10.9. The minimum atomic E-state index is 0.717. The van der Waals surface area contributed by atoms with Crippen LogP contribution in [-0.2, 0) is 0 Å². The van der Waals surface area contributed by atoms with Gasteiger partial charge in [-0.3, -0.25) is 0 Å². The highest BCUT2D eigenvalue weighted by atomic mass is 16.5. The van der Waals surface area contributed by atoms with E-state index in [2.05, 4.69) is 24.2 Å². The molecule has 0 aliphatic carbocycles. The molecule has 3 nitrogen and oxygen atoms in total. The van der Waals surface area contributed by atoms with Crippen molar-refractivity contribution in [1.82, 2.24) is 5.16 Å². The number of nitrogens with two attached hydrogens (primary N) is 1. The molecule has 2 aromatic carbocycles. The van der Waals surface area contributed by atoms with E-state index in [0.717, 1.165) is 27.9 Å². The van der Waals surface area contributed by atoms with Crippen LogP contribution in [0.25, 0.3) is 22.2 Å². The van der Waals surface area contributed by atoms with Gasteiger partial charge in [-0.25, -0.2) is 0 Å². The molecule has 0 radical (unpaired) electrons. The smallest absolute Gasteiger partial charge is 0.174 e. The summed E-state index contributed by atoms with van der Waals surface area (Å²) in [5, 5.41) is 4.99. The Morgan fingerprint density at radius 3 is 2.82 bits per heavy atom. The molecule has 3 heteroatoms. The van der Waals surface area contributed by atoms with Crippen LogP contribution < -0.4 is 5.73 Å². The van der Waals surface area contributed by atoms with Crippen LogP contribution in [0.2, 0.25) is 0 Å². The predicted octanol–water partition coefficient (Wildman–Crippen LogP) is 3.39. The number of fused-ring (bicyclic) bond motifs is 1. The van der Waals surface area contributed by atoms with Crippen LogP contribution in [0.15, 0.2) is 47.0 Å². The molecule has 84 valence electrons. The minimum Gasteiger partial charge on any atom is -0.399 e. The Labute approximate surface area is 98.8 Å². The number of nitrogen functional groups attached to an aromatic ring is 1. The van der Waals surface area contributed by atoms with Gasteiger partial charge in [0.25, 0.3) is 0 Å². The zero-order valence-electron chi connectivity index (χ0n) is 9.47. The Bertz CT molecular complexity index is 686. The maximum Gasteiger partial charge on any atom is 0.174 e. The van der Waals surface area contributed by atoms with Crippen molar-refractivity contribution in [2.45, 2.75) is 6.92 Å². The molecule has 0 aliphatic rings. The van der Waals surface area contributed by atoms with Gasteiger partial charge in [0.05, 0.1) is 5.39 Å². The maximum atomic E-state index is 5.79. The number of nitrogens with zero attached hydrogens (tertiary/aromatic N) is 1. The summed E-state index contributed by atoms with van der Waals surface area (Å²) < 4.78 is 5.41. The van der Waals surface area contributed by atoms with E-state index >= 15 is 0 Å². The largest absolute Gasteiger partial charge is 0.399 e. The summed E-state index contributed by atoms with van der Waals surface area (Å²) in [6.45, 7) is 2.05. The second-order valence-electron chi connectivity index (χ2n) is 4.16. The van der Waals surface area contributed by atoms with E-state index in [1.54, 1.807) is 0 Å². The number of aryl methyl sites for hydroxylation is 1. The Morgan fingerprint density at radius 2 is 2.00 bits per heavy atom. The Morgan fingerprint density at radius 1 is 1.12 bits per heavy atom. The Balaban J connectivity index is 2.27. The third-order valence-electron chi connectivity index (χ3n) is 2.78. The maximum absolute atomic E-state index is 5.79. The summed E-state index contributed by atoms with van der Waals surface area (Å²) in [6, 6.07) is 13.7. The van der Waals surface area contributed by atoms with Crippen LogP contribution in [-0.4, -0.2) is 5.16 Å². The van der Waals surface area contributed by atoms with Crippen LogP contribution in [0.3, 0.4) is 0 Å². The molecule has 0 bridgehead atoms. The first-order valence-corrected chi connectivity index (χ1v) is 5.46. The highest BCUT2D eigenvalue weighted by molar-refractivity contribution is 5.93. The average molecular weight is 224 g/mol. The van der Waals surface area contributed by atoms with E-state index in [1.165, 1.54) is 5.56 Å². The first-order valence-electron chi connectivity index (χ1n) is 5.46. The molecule has 2 N–H and O–H groups in total. The monoisotopic (exact) mass is 224 g/mol. The fraction of sp³-hybridized carbons (Fsp3) is 0.0714. The van der Waals surface area contributed by atoms with Gasteiger partial charge in [0.1, 0.15) is 5.52 Å². The van der Waals surface area contributed by atoms with Gasteiger partial charge in [0, 0.05) is 11.3 Å². The average Bonchev–Trinajstić information content (AvgIpc) is 2.71. The van der Waals surface area contributed by atoms with Gasteiger partial charge in [0.2, 0.25) is 0 Å². The molecular formula is C14H12N2O. The number of benzene rings is 2. The topological polar surface area (TPSA) is 52.0 Å². The molecule has 17 heavy (non-hydrogen) atoms. The number of anilines is 1. The van der Waals surface area contributed by atoms with Gasteiger partial charge in [-0.15, -0.1) is 0 Å². The quantitative estimate of drug-likeness (QED) is 0.644. The molecule has 3 aromatic rings. The van der Waals surface area contributed by atoms with E-state index in [-0.39, 0.29) is 0 Å². The van der Waals surface area contributed by atoms with E-state index in [4.69, 9.17) is 10.3 Å². The third kappa shape index (κ3) is 1.65. The van der Waals surface area contributed by atoms with Crippen LogP contribution in [0.4, 0.5) is 5.69 Å². The summed E-state index contributed by atoms with van der Waals surface area (Å²) >= 11 is 0. The van der Waals surface area contributed by atoms with Crippen LogP contribution >= 0.6 is 0 Å². The fourth-order valence-corrected chi connectivity index (χ4v) is 1.95. The molecule has 0 saturated carbocycles. The van der Waals surface area contributed by atoms with Gasteiger partial charge in [-0.05, 0) is 31.2 Å². The van der Waals surface area contributed by atoms with Crippen LogP contribution in [0, 0.1) is 6.92 Å². The van der Waals surface area contributed by atoms with Crippen molar-refractivity contribution >= 4 is 16.6 Å². The van der Waals surface area contributed by atoms with Crippen LogP contribution in [0.1, 0.15) is 5.56 Å². The van der Waals surface area contributed by atoms with Crippen molar-refractivity contribution in [3.05, 3.63) is 48.0 Å². The highest BCUT2D eigenvalue weighted by Gasteiger charge is 2.10. The number of hydrogen-bond donors (Lipinski definition) is 1. The predicted molar refractivity (Wildman–Crippen MR) is 68.6 cm³/mol. The van der Waals surface area contributed by atoms with Gasteiger partial charge >= 0.3 is 0 Å². The summed E-state index contributed by atoms with van der Waals surface area (Å²) in [7, 11) is 0. The van der Waals surface area contributed by atoms with E-state index in [9.17, 15) is 0 Å². The lowest BCUT2D eigenvalue weighted by molar-refractivity contribution is 0.441. The molecule has 0 amide bonds. The molecule has 1 aromatic heterocycles. The second-order valence-corrected chi connectivity index (χ2v) is 4.16. The summed E-state index contributed by atoms with van der Waals surface area (Å²) in [6.07, 6.45) is 0. The molecule has 0 spiro atoms. The van der Waals surface area contributed by atoms with Gasteiger partial charge in [-0.1, -0.05) is 28.9 Å². The lowest BCUT2D eigenvalue weighted by atomic mass is 10.1. The van der Waals surface area contributed by atoms with E-state index in [1.807, 2.05) is 30.3 Å². The lowest BCUT2D eigenvalue weighted by Gasteiger charge is -1.98. The summed E-state index contributed by atoms with van der Waals surface area (Å²) in [5.74, 6) is 0.774. The van der Waals surface area contributed by atoms with Crippen LogP contribution in [0.5, 0.6) is 0 Å². The van der Waals surface area contributed by atoms with E-state index < -0.39 is 0 Å². The molecule has 0 atom stereocenters. The minimum absolute atomic E-state index is 0.717. The van der Waals surface area contributed by atoms with Crippen molar-refractivity contribution in [3.63, 3.8) is 0 Å². The van der Waals surface area contributed by atoms with Crippen molar-refractivity contribution in [2.24, 2.45) is 0 Å². The molecule has 0 unspecified atom stereocenters. The van der Waals surface area contributed by atoms with Crippen molar-refractivity contribution < 1.29 is 4.52 Å². The zero-order chi connectivity index (χ0) is 11.8. The third-order valence-corrected chi connectivity index (χ3v) is 2.78. The molecule has 0 fully saturated rings.